The fourth-order valence-corrected chi connectivity index (χ4v) is 4.98. The summed E-state index contributed by atoms with van der Waals surface area (Å²) in [5, 5.41) is 7.19. The van der Waals surface area contributed by atoms with Crippen LogP contribution in [0.4, 0.5) is 0 Å². The molecule has 4 aliphatic heterocycles. The maximum Gasteiger partial charge on any atom is 0.191 e. The number of piperidine rings is 1. The number of rotatable bonds is 6. The molecule has 4 fully saturated rings. The number of nitrogens with one attached hydrogen (secondary N) is 2. The molecule has 0 spiro atoms. The molecule has 4 aliphatic rings. The Morgan fingerprint density at radius 1 is 1.07 bits per heavy atom. The van der Waals surface area contributed by atoms with Crippen LogP contribution < -0.4 is 10.6 Å². The van der Waals surface area contributed by atoms with Crippen LogP contribution >= 0.6 is 24.0 Å². The fraction of sp³-hybridized carbons (Fsp3) is 0.696. The molecular formula is C23H39IN6. The summed E-state index contributed by atoms with van der Waals surface area (Å²) in [6, 6.07) is 12.5. The molecule has 0 aromatic heterocycles. The second kappa shape index (κ2) is 11.6. The number of halogens is 1. The number of piperazine rings is 3. The van der Waals surface area contributed by atoms with Crippen molar-refractivity contribution in [2.45, 2.75) is 44.8 Å². The number of hydrogen-bond donors (Lipinski definition) is 2. The van der Waals surface area contributed by atoms with Crippen molar-refractivity contribution in [2.24, 2.45) is 4.99 Å². The van der Waals surface area contributed by atoms with Crippen LogP contribution in [0.1, 0.15) is 38.3 Å². The van der Waals surface area contributed by atoms with E-state index in [4.69, 9.17) is 4.99 Å². The van der Waals surface area contributed by atoms with Gasteiger partial charge in [0.05, 0.1) is 6.54 Å². The second-order valence-electron chi connectivity index (χ2n) is 8.75. The number of likely N-dealkylation sites (tertiary alicyclic amines) is 1. The predicted molar refractivity (Wildman–Crippen MR) is 136 cm³/mol. The van der Waals surface area contributed by atoms with Crippen LogP contribution in [0.5, 0.6) is 0 Å². The lowest BCUT2D eigenvalue weighted by Gasteiger charge is -2.47. The minimum absolute atomic E-state index is 0. The van der Waals surface area contributed by atoms with Crippen LogP contribution in [0.15, 0.2) is 35.3 Å². The summed E-state index contributed by atoms with van der Waals surface area (Å²) < 4.78 is 0. The molecule has 4 heterocycles. The van der Waals surface area contributed by atoms with E-state index in [9.17, 15) is 0 Å². The van der Waals surface area contributed by atoms with Crippen LogP contribution in [0.25, 0.3) is 0 Å². The lowest BCUT2D eigenvalue weighted by molar-refractivity contribution is 0.0174. The monoisotopic (exact) mass is 526 g/mol. The summed E-state index contributed by atoms with van der Waals surface area (Å²) in [7, 11) is 0. The Morgan fingerprint density at radius 2 is 1.77 bits per heavy atom. The standard InChI is InChI=1S/C23H38N6.HI/c1-3-24-23(25-17-22-18-27-13-15-29(22)16-14-27)26-21-9-11-28(12-10-21)19(2)20-7-5-4-6-8-20;/h4-8,19,21-22H,3,9-18H2,1-2H3,(H2,24,25,26);1H. The fourth-order valence-electron chi connectivity index (χ4n) is 4.98. The van der Waals surface area contributed by atoms with Crippen LogP contribution in [0.2, 0.25) is 0 Å². The SMILES string of the molecule is CCNC(=NCC1CN2CCN1CC2)NC1CCN(C(C)c2ccccc2)CC1.I. The Balaban J connectivity index is 0.00000256. The Labute approximate surface area is 199 Å². The molecule has 5 rings (SSSR count). The lowest BCUT2D eigenvalue weighted by atomic mass is 10.0. The number of benzene rings is 1. The molecule has 4 saturated heterocycles. The highest BCUT2D eigenvalue weighted by atomic mass is 127. The molecule has 0 aliphatic carbocycles. The molecule has 2 N–H and O–H groups in total. The van der Waals surface area contributed by atoms with Gasteiger partial charge in [-0.15, -0.1) is 24.0 Å². The van der Waals surface area contributed by atoms with Gasteiger partial charge in [-0.05, 0) is 32.3 Å². The first-order valence-electron chi connectivity index (χ1n) is 11.5. The van der Waals surface area contributed by atoms with Crippen molar-refractivity contribution in [3.05, 3.63) is 35.9 Å². The zero-order valence-corrected chi connectivity index (χ0v) is 20.9. The van der Waals surface area contributed by atoms with E-state index in [0.29, 0.717) is 18.1 Å². The lowest BCUT2D eigenvalue weighted by Crippen LogP contribution is -2.62. The van der Waals surface area contributed by atoms with Gasteiger partial charge < -0.3 is 10.6 Å². The van der Waals surface area contributed by atoms with Gasteiger partial charge in [-0.3, -0.25) is 19.7 Å². The molecule has 7 heteroatoms. The first kappa shape index (κ1) is 23.8. The van der Waals surface area contributed by atoms with Crippen molar-refractivity contribution in [3.63, 3.8) is 0 Å². The zero-order valence-electron chi connectivity index (χ0n) is 18.6. The van der Waals surface area contributed by atoms with Gasteiger partial charge in [0.25, 0.3) is 0 Å². The predicted octanol–water partition coefficient (Wildman–Crippen LogP) is 2.38. The van der Waals surface area contributed by atoms with Gasteiger partial charge in [0.15, 0.2) is 5.96 Å². The van der Waals surface area contributed by atoms with Crippen LogP contribution in [0.3, 0.4) is 0 Å². The van der Waals surface area contributed by atoms with E-state index in [-0.39, 0.29) is 24.0 Å². The summed E-state index contributed by atoms with van der Waals surface area (Å²) in [4.78, 5) is 12.8. The Bertz CT molecular complexity index is 653. The molecular weight excluding hydrogens is 487 g/mol. The van der Waals surface area contributed by atoms with Crippen LogP contribution in [-0.2, 0) is 0 Å². The van der Waals surface area contributed by atoms with Crippen molar-refractivity contribution in [2.75, 3.05) is 58.9 Å². The number of aliphatic imine (C=N–C) groups is 1. The second-order valence-corrected chi connectivity index (χ2v) is 8.75. The van der Waals surface area contributed by atoms with Crippen molar-refractivity contribution in [1.29, 1.82) is 0 Å². The van der Waals surface area contributed by atoms with Crippen LogP contribution in [-0.4, -0.2) is 91.6 Å². The minimum atomic E-state index is 0. The van der Waals surface area contributed by atoms with Gasteiger partial charge in [-0.25, -0.2) is 0 Å². The molecule has 0 radical (unpaired) electrons. The largest absolute Gasteiger partial charge is 0.357 e. The molecule has 0 saturated carbocycles. The van der Waals surface area contributed by atoms with Gasteiger partial charge >= 0.3 is 0 Å². The molecule has 2 unspecified atom stereocenters. The normalized spacial score (nSPS) is 28.6. The molecule has 1 aromatic carbocycles. The first-order chi connectivity index (χ1) is 14.2. The average Bonchev–Trinajstić information content (AvgIpc) is 2.79. The Kier molecular flexibility index (Phi) is 9.22. The average molecular weight is 527 g/mol. The number of nitrogens with zero attached hydrogens (tertiary/aromatic N) is 4. The Morgan fingerprint density at radius 3 is 2.37 bits per heavy atom. The minimum Gasteiger partial charge on any atom is -0.357 e. The van der Waals surface area contributed by atoms with Crippen molar-refractivity contribution >= 4 is 29.9 Å². The maximum absolute atomic E-state index is 4.96. The zero-order chi connectivity index (χ0) is 20.1. The van der Waals surface area contributed by atoms with E-state index in [2.05, 4.69) is 69.5 Å². The van der Waals surface area contributed by atoms with E-state index in [1.165, 1.54) is 51.1 Å². The Hall–Kier alpha value is -0.900. The number of guanidine groups is 1. The first-order valence-corrected chi connectivity index (χ1v) is 11.5. The van der Waals surface area contributed by atoms with E-state index in [1.807, 2.05) is 0 Å². The summed E-state index contributed by atoms with van der Waals surface area (Å²) in [5.41, 5.74) is 1.42. The highest BCUT2D eigenvalue weighted by Crippen LogP contribution is 2.24. The third-order valence-electron chi connectivity index (χ3n) is 6.90. The smallest absolute Gasteiger partial charge is 0.191 e. The molecule has 1 aromatic rings. The van der Waals surface area contributed by atoms with E-state index in [1.54, 1.807) is 0 Å². The van der Waals surface area contributed by atoms with Gasteiger partial charge in [-0.2, -0.15) is 0 Å². The van der Waals surface area contributed by atoms with Crippen LogP contribution in [0, 0.1) is 0 Å². The molecule has 2 bridgehead atoms. The maximum atomic E-state index is 4.96. The summed E-state index contributed by atoms with van der Waals surface area (Å²) in [6.07, 6.45) is 2.34. The summed E-state index contributed by atoms with van der Waals surface area (Å²) >= 11 is 0. The molecule has 2 atom stereocenters. The van der Waals surface area contributed by atoms with E-state index >= 15 is 0 Å². The van der Waals surface area contributed by atoms with E-state index < -0.39 is 0 Å². The summed E-state index contributed by atoms with van der Waals surface area (Å²) in [5.74, 6) is 1.000. The number of hydrogen-bond acceptors (Lipinski definition) is 4. The van der Waals surface area contributed by atoms with Gasteiger partial charge in [0, 0.05) is 70.5 Å². The van der Waals surface area contributed by atoms with Gasteiger partial charge in [-0.1, -0.05) is 30.3 Å². The number of fused-ring (bicyclic) bond motifs is 3. The molecule has 0 amide bonds. The van der Waals surface area contributed by atoms with E-state index in [0.717, 1.165) is 32.1 Å². The van der Waals surface area contributed by atoms with Crippen molar-refractivity contribution < 1.29 is 0 Å². The van der Waals surface area contributed by atoms with Crippen molar-refractivity contribution in [1.82, 2.24) is 25.3 Å². The van der Waals surface area contributed by atoms with Crippen molar-refractivity contribution in [3.8, 4) is 0 Å². The molecule has 30 heavy (non-hydrogen) atoms. The quantitative estimate of drug-likeness (QED) is 0.339. The summed E-state index contributed by atoms with van der Waals surface area (Å²) in [6.45, 7) is 14.6. The third-order valence-corrected chi connectivity index (χ3v) is 6.90. The third kappa shape index (κ3) is 6.08. The molecule has 168 valence electrons. The highest BCUT2D eigenvalue weighted by molar-refractivity contribution is 14.0. The topological polar surface area (TPSA) is 46.1 Å². The van der Waals surface area contributed by atoms with Gasteiger partial charge in [0.1, 0.15) is 0 Å². The highest BCUT2D eigenvalue weighted by Gasteiger charge is 2.31. The molecule has 6 nitrogen and oxygen atoms in total. The van der Waals surface area contributed by atoms with Gasteiger partial charge in [0.2, 0.25) is 0 Å².